The smallest absolute Gasteiger partial charge is 0.282 e. The highest BCUT2D eigenvalue weighted by Crippen LogP contribution is 2.25. The van der Waals surface area contributed by atoms with Gasteiger partial charge in [-0.2, -0.15) is 0 Å². The van der Waals surface area contributed by atoms with Crippen LogP contribution in [-0.4, -0.2) is 21.2 Å². The summed E-state index contributed by atoms with van der Waals surface area (Å²) in [6.45, 7) is 2.44. The van der Waals surface area contributed by atoms with Crippen molar-refractivity contribution in [2.24, 2.45) is 0 Å². The van der Waals surface area contributed by atoms with E-state index >= 15 is 0 Å². The summed E-state index contributed by atoms with van der Waals surface area (Å²) >= 11 is 7.39. The molecule has 0 unspecified atom stereocenters. The summed E-state index contributed by atoms with van der Waals surface area (Å²) in [5, 5.41) is 21.1. The van der Waals surface area contributed by atoms with Gasteiger partial charge in [-0.25, -0.2) is 0 Å². The van der Waals surface area contributed by atoms with Crippen LogP contribution in [0.5, 0.6) is 5.75 Å². The Balaban J connectivity index is 1.65. The van der Waals surface area contributed by atoms with Gasteiger partial charge < -0.3 is 10.4 Å². The number of hydrogen-bond donors (Lipinski definition) is 2. The molecule has 3 rings (SSSR count). The van der Waals surface area contributed by atoms with Crippen molar-refractivity contribution < 1.29 is 9.90 Å². The van der Waals surface area contributed by atoms with E-state index in [2.05, 4.69) is 15.5 Å². The van der Waals surface area contributed by atoms with Gasteiger partial charge in [-0.15, -0.1) is 10.2 Å². The predicted molar refractivity (Wildman–Crippen MR) is 104 cm³/mol. The zero-order chi connectivity index (χ0) is 18.5. The normalized spacial score (nSPS) is 11.4. The number of aryl methyl sites for hydroxylation is 1. The summed E-state index contributed by atoms with van der Waals surface area (Å²) < 4.78 is 0. The molecule has 2 N–H and O–H groups in total. The fourth-order valence-electron chi connectivity index (χ4n) is 2.15. The average molecular weight is 386 g/mol. The number of rotatable bonds is 5. The molecule has 0 aliphatic heterocycles. The zero-order valence-corrected chi connectivity index (χ0v) is 15.5. The van der Waals surface area contributed by atoms with Crippen LogP contribution in [0.15, 0.2) is 48.5 Å². The second-order valence-corrected chi connectivity index (χ2v) is 7.05. The quantitative estimate of drug-likeness (QED) is 0.689. The SMILES string of the molecule is Cc1ccc(CNC(=O)c2nnc(C(Cl)=Cc3ccc(O)cc3)s2)cc1. The molecule has 0 fully saturated rings. The second kappa shape index (κ2) is 8.12. The van der Waals surface area contributed by atoms with Gasteiger partial charge in [-0.3, -0.25) is 4.79 Å². The van der Waals surface area contributed by atoms with Crippen molar-refractivity contribution in [1.29, 1.82) is 0 Å². The Morgan fingerprint density at radius 3 is 2.46 bits per heavy atom. The fraction of sp³-hybridized carbons (Fsp3) is 0.105. The van der Waals surface area contributed by atoms with Crippen LogP contribution in [-0.2, 0) is 6.54 Å². The maximum absolute atomic E-state index is 12.2. The lowest BCUT2D eigenvalue weighted by Gasteiger charge is -2.03. The van der Waals surface area contributed by atoms with Gasteiger partial charge in [-0.05, 0) is 36.3 Å². The largest absolute Gasteiger partial charge is 0.508 e. The van der Waals surface area contributed by atoms with E-state index in [0.29, 0.717) is 16.6 Å². The Labute approximate surface area is 160 Å². The van der Waals surface area contributed by atoms with Crippen LogP contribution < -0.4 is 5.32 Å². The molecule has 0 radical (unpaired) electrons. The first-order chi connectivity index (χ1) is 12.5. The molecule has 3 aromatic rings. The Kier molecular flexibility index (Phi) is 5.65. The Hall–Kier alpha value is -2.70. The van der Waals surface area contributed by atoms with E-state index < -0.39 is 0 Å². The van der Waals surface area contributed by atoms with Gasteiger partial charge in [0, 0.05) is 6.54 Å². The summed E-state index contributed by atoms with van der Waals surface area (Å²) in [5.74, 6) is -0.106. The molecule has 0 saturated carbocycles. The summed E-state index contributed by atoms with van der Waals surface area (Å²) in [6, 6.07) is 14.5. The molecule has 0 atom stereocenters. The second-order valence-electron chi connectivity index (χ2n) is 5.66. The monoisotopic (exact) mass is 385 g/mol. The van der Waals surface area contributed by atoms with Crippen LogP contribution in [0.25, 0.3) is 11.1 Å². The summed E-state index contributed by atoms with van der Waals surface area (Å²) in [7, 11) is 0. The van der Waals surface area contributed by atoms with E-state index in [1.165, 1.54) is 5.56 Å². The van der Waals surface area contributed by atoms with E-state index in [0.717, 1.165) is 22.5 Å². The zero-order valence-electron chi connectivity index (χ0n) is 13.9. The third-order valence-corrected chi connectivity index (χ3v) is 4.94. The number of aromatic hydroxyl groups is 1. The van der Waals surface area contributed by atoms with Crippen LogP contribution in [0.2, 0.25) is 0 Å². The average Bonchev–Trinajstić information content (AvgIpc) is 3.13. The highest BCUT2D eigenvalue weighted by molar-refractivity contribution is 7.15. The van der Waals surface area contributed by atoms with Crippen molar-refractivity contribution >= 4 is 40.0 Å². The Bertz CT molecular complexity index is 934. The summed E-state index contributed by atoms with van der Waals surface area (Å²) in [5.41, 5.74) is 3.00. The third-order valence-electron chi connectivity index (χ3n) is 3.58. The highest BCUT2D eigenvalue weighted by Gasteiger charge is 2.14. The predicted octanol–water partition coefficient (Wildman–Crippen LogP) is 4.22. The van der Waals surface area contributed by atoms with Gasteiger partial charge in [-0.1, -0.05) is 64.9 Å². The van der Waals surface area contributed by atoms with Crippen LogP contribution >= 0.6 is 22.9 Å². The highest BCUT2D eigenvalue weighted by atomic mass is 35.5. The van der Waals surface area contributed by atoms with Crippen molar-refractivity contribution in [2.45, 2.75) is 13.5 Å². The van der Waals surface area contributed by atoms with E-state index in [-0.39, 0.29) is 16.7 Å². The van der Waals surface area contributed by atoms with Gasteiger partial charge >= 0.3 is 0 Å². The number of carbonyl (C=O) groups excluding carboxylic acids is 1. The number of phenols is 1. The molecule has 0 spiro atoms. The maximum atomic E-state index is 12.2. The molecule has 2 aromatic carbocycles. The van der Waals surface area contributed by atoms with Crippen LogP contribution in [0.3, 0.4) is 0 Å². The number of hydrogen-bond acceptors (Lipinski definition) is 5. The molecule has 7 heteroatoms. The van der Waals surface area contributed by atoms with Crippen LogP contribution in [0.4, 0.5) is 0 Å². The fourth-order valence-corrected chi connectivity index (χ4v) is 3.10. The number of phenolic OH excluding ortho intramolecular Hbond substituents is 1. The number of nitrogens with one attached hydrogen (secondary N) is 1. The van der Waals surface area contributed by atoms with Crippen molar-refractivity contribution in [3.63, 3.8) is 0 Å². The lowest BCUT2D eigenvalue weighted by atomic mass is 10.1. The Morgan fingerprint density at radius 2 is 1.77 bits per heavy atom. The lowest BCUT2D eigenvalue weighted by molar-refractivity contribution is 0.0950. The number of carbonyl (C=O) groups is 1. The minimum atomic E-state index is -0.288. The van der Waals surface area contributed by atoms with E-state index in [4.69, 9.17) is 11.6 Å². The van der Waals surface area contributed by atoms with Crippen molar-refractivity contribution in [3.05, 3.63) is 75.2 Å². The van der Waals surface area contributed by atoms with Gasteiger partial charge in [0.15, 0.2) is 5.01 Å². The molecule has 0 aliphatic carbocycles. The minimum absolute atomic E-state index is 0.182. The minimum Gasteiger partial charge on any atom is -0.508 e. The van der Waals surface area contributed by atoms with E-state index in [9.17, 15) is 9.90 Å². The number of nitrogens with zero attached hydrogens (tertiary/aromatic N) is 2. The van der Waals surface area contributed by atoms with E-state index in [1.807, 2.05) is 31.2 Å². The number of benzene rings is 2. The molecule has 0 aliphatic rings. The third kappa shape index (κ3) is 4.68. The molecule has 26 heavy (non-hydrogen) atoms. The molecule has 132 valence electrons. The molecule has 0 saturated heterocycles. The summed E-state index contributed by atoms with van der Waals surface area (Å²) in [4.78, 5) is 12.2. The molecule has 1 amide bonds. The maximum Gasteiger partial charge on any atom is 0.282 e. The standard InChI is InChI=1S/C19H16ClN3O2S/c1-12-2-4-14(5-3-12)11-21-17(25)19-23-22-18(26-19)16(20)10-13-6-8-15(24)9-7-13/h2-10,24H,11H2,1H3,(H,21,25). The van der Waals surface area contributed by atoms with Crippen LogP contribution in [0.1, 0.15) is 31.5 Å². The van der Waals surface area contributed by atoms with Gasteiger partial charge in [0.05, 0.1) is 5.03 Å². The van der Waals surface area contributed by atoms with Gasteiger partial charge in [0.2, 0.25) is 5.01 Å². The molecule has 1 aromatic heterocycles. The number of halogens is 1. The van der Waals surface area contributed by atoms with Crippen molar-refractivity contribution in [3.8, 4) is 5.75 Å². The van der Waals surface area contributed by atoms with E-state index in [1.54, 1.807) is 30.3 Å². The molecular weight excluding hydrogens is 370 g/mol. The first kappa shape index (κ1) is 18.1. The summed E-state index contributed by atoms with van der Waals surface area (Å²) in [6.07, 6.45) is 1.70. The van der Waals surface area contributed by atoms with Crippen molar-refractivity contribution in [1.82, 2.24) is 15.5 Å². The first-order valence-electron chi connectivity index (χ1n) is 7.85. The lowest BCUT2D eigenvalue weighted by Crippen LogP contribution is -2.22. The molecule has 5 nitrogen and oxygen atoms in total. The Morgan fingerprint density at radius 1 is 1.12 bits per heavy atom. The van der Waals surface area contributed by atoms with Gasteiger partial charge in [0.1, 0.15) is 5.75 Å². The number of amides is 1. The topological polar surface area (TPSA) is 75.1 Å². The number of aromatic nitrogens is 2. The molecule has 1 heterocycles. The molecular formula is C19H16ClN3O2S. The van der Waals surface area contributed by atoms with Crippen molar-refractivity contribution in [2.75, 3.05) is 0 Å². The van der Waals surface area contributed by atoms with Crippen LogP contribution in [0, 0.1) is 6.92 Å². The first-order valence-corrected chi connectivity index (χ1v) is 9.04. The van der Waals surface area contributed by atoms with Gasteiger partial charge in [0.25, 0.3) is 5.91 Å². The molecule has 0 bridgehead atoms.